The Morgan fingerprint density at radius 2 is 2.00 bits per heavy atom. The fraction of sp³-hybridized carbons (Fsp3) is 0.714. The Kier molecular flexibility index (Phi) is 7.42. The molecule has 0 spiro atoms. The van der Waals surface area contributed by atoms with Crippen LogP contribution in [-0.4, -0.2) is 38.5 Å². The maximum absolute atomic E-state index is 11.7. The van der Waals surface area contributed by atoms with Gasteiger partial charge in [0, 0.05) is 6.54 Å². The van der Waals surface area contributed by atoms with Gasteiger partial charge in [0.1, 0.15) is 6.54 Å². The van der Waals surface area contributed by atoms with Crippen molar-refractivity contribution in [2.24, 2.45) is 5.92 Å². The summed E-state index contributed by atoms with van der Waals surface area (Å²) in [6.07, 6.45) is 7.04. The van der Waals surface area contributed by atoms with E-state index in [-0.39, 0.29) is 18.1 Å². The highest BCUT2D eigenvalue weighted by molar-refractivity contribution is 5.91. The van der Waals surface area contributed by atoms with Crippen LogP contribution < -0.4 is 5.32 Å². The highest BCUT2D eigenvalue weighted by atomic mass is 16.4. The molecule has 1 amide bonds. The molecule has 7 heteroatoms. The minimum absolute atomic E-state index is 0.149. The largest absolute Gasteiger partial charge is 0.480 e. The molecule has 0 aliphatic carbocycles. The second-order valence-electron chi connectivity index (χ2n) is 5.55. The van der Waals surface area contributed by atoms with E-state index in [0.717, 1.165) is 23.4 Å². The average molecular weight is 296 g/mol. The molecule has 1 aromatic rings. The lowest BCUT2D eigenvalue weighted by Crippen LogP contribution is -2.24. The summed E-state index contributed by atoms with van der Waals surface area (Å²) >= 11 is 0. The van der Waals surface area contributed by atoms with Gasteiger partial charge >= 0.3 is 5.97 Å². The van der Waals surface area contributed by atoms with Gasteiger partial charge in [0.05, 0.1) is 6.20 Å². The number of carboxylic acids is 1. The second kappa shape index (κ2) is 9.10. The highest BCUT2D eigenvalue weighted by Crippen LogP contribution is 2.08. The summed E-state index contributed by atoms with van der Waals surface area (Å²) in [5.74, 6) is -0.583. The van der Waals surface area contributed by atoms with Crippen LogP contribution in [0.2, 0.25) is 0 Å². The normalized spacial score (nSPS) is 10.8. The third-order valence-electron chi connectivity index (χ3n) is 3.06. The van der Waals surface area contributed by atoms with E-state index < -0.39 is 5.97 Å². The van der Waals surface area contributed by atoms with Crippen LogP contribution in [0.25, 0.3) is 0 Å². The molecule has 7 nitrogen and oxygen atoms in total. The van der Waals surface area contributed by atoms with Crippen LogP contribution in [0.5, 0.6) is 0 Å². The Balaban J connectivity index is 2.16. The van der Waals surface area contributed by atoms with Crippen LogP contribution in [0.4, 0.5) is 0 Å². The summed E-state index contributed by atoms with van der Waals surface area (Å²) in [6, 6.07) is 0. The van der Waals surface area contributed by atoms with Crippen LogP contribution in [0.1, 0.15) is 56.4 Å². The fourth-order valence-corrected chi connectivity index (χ4v) is 1.94. The molecule has 1 rings (SSSR count). The van der Waals surface area contributed by atoms with Crippen molar-refractivity contribution in [3.05, 3.63) is 11.9 Å². The van der Waals surface area contributed by atoms with Crippen molar-refractivity contribution in [2.75, 3.05) is 6.54 Å². The molecule has 0 saturated heterocycles. The van der Waals surface area contributed by atoms with E-state index in [0.29, 0.717) is 6.54 Å². The van der Waals surface area contributed by atoms with Crippen molar-refractivity contribution in [2.45, 2.75) is 52.5 Å². The van der Waals surface area contributed by atoms with E-state index in [9.17, 15) is 9.59 Å². The maximum atomic E-state index is 11.7. The molecule has 0 aliphatic rings. The zero-order valence-corrected chi connectivity index (χ0v) is 12.7. The smallest absolute Gasteiger partial charge is 0.325 e. The predicted octanol–water partition coefficient (Wildman–Crippen LogP) is 1.70. The molecule has 1 heterocycles. The molecule has 2 N–H and O–H groups in total. The minimum atomic E-state index is -1.02. The van der Waals surface area contributed by atoms with Crippen LogP contribution in [0.3, 0.4) is 0 Å². The number of unbranched alkanes of at least 4 members (excludes halogenated alkanes) is 3. The molecule has 0 saturated carbocycles. The fourth-order valence-electron chi connectivity index (χ4n) is 1.94. The lowest BCUT2D eigenvalue weighted by atomic mass is 10.0. The quantitative estimate of drug-likeness (QED) is 0.640. The third-order valence-corrected chi connectivity index (χ3v) is 3.06. The molecule has 0 fully saturated rings. The number of hydrogen-bond donors (Lipinski definition) is 2. The van der Waals surface area contributed by atoms with Crippen molar-refractivity contribution < 1.29 is 14.7 Å². The number of carbonyl (C=O) groups is 2. The second-order valence-corrected chi connectivity index (χ2v) is 5.55. The van der Waals surface area contributed by atoms with Gasteiger partial charge in [-0.1, -0.05) is 44.7 Å². The Labute approximate surface area is 124 Å². The van der Waals surface area contributed by atoms with Crippen molar-refractivity contribution in [1.82, 2.24) is 20.3 Å². The maximum Gasteiger partial charge on any atom is 0.325 e. The summed E-state index contributed by atoms with van der Waals surface area (Å²) < 4.78 is 1.13. The predicted molar refractivity (Wildman–Crippen MR) is 77.9 cm³/mol. The van der Waals surface area contributed by atoms with Crippen molar-refractivity contribution >= 4 is 11.9 Å². The number of aromatic nitrogens is 3. The Bertz CT molecular complexity index is 457. The molecule has 0 bridgehead atoms. The van der Waals surface area contributed by atoms with E-state index in [1.54, 1.807) is 0 Å². The van der Waals surface area contributed by atoms with Crippen LogP contribution in [0.15, 0.2) is 6.20 Å². The molecule has 0 unspecified atom stereocenters. The summed E-state index contributed by atoms with van der Waals surface area (Å²) in [7, 11) is 0. The van der Waals surface area contributed by atoms with Crippen LogP contribution in [0, 0.1) is 5.92 Å². The first kappa shape index (κ1) is 17.1. The first-order chi connectivity index (χ1) is 9.99. The van der Waals surface area contributed by atoms with Crippen LogP contribution in [-0.2, 0) is 11.3 Å². The average Bonchev–Trinajstić information content (AvgIpc) is 2.84. The van der Waals surface area contributed by atoms with Crippen molar-refractivity contribution in [3.63, 3.8) is 0 Å². The molecule has 21 heavy (non-hydrogen) atoms. The minimum Gasteiger partial charge on any atom is -0.480 e. The summed E-state index contributed by atoms with van der Waals surface area (Å²) in [4.78, 5) is 22.2. The SMILES string of the molecule is CC(C)CCCCCCNC(=O)c1cn(CC(=O)O)nn1. The zero-order chi connectivity index (χ0) is 15.7. The van der Waals surface area contributed by atoms with Gasteiger partial charge in [-0.25, -0.2) is 4.68 Å². The highest BCUT2D eigenvalue weighted by Gasteiger charge is 2.11. The Hall–Kier alpha value is -1.92. The molecular formula is C14H24N4O3. The third kappa shape index (κ3) is 7.43. The van der Waals surface area contributed by atoms with E-state index in [1.165, 1.54) is 25.5 Å². The molecule has 0 radical (unpaired) electrons. The topological polar surface area (TPSA) is 97.1 Å². The van der Waals surface area contributed by atoms with E-state index in [1.807, 2.05) is 0 Å². The van der Waals surface area contributed by atoms with E-state index >= 15 is 0 Å². The van der Waals surface area contributed by atoms with Gasteiger partial charge in [0.15, 0.2) is 5.69 Å². The van der Waals surface area contributed by atoms with Gasteiger partial charge in [0.2, 0.25) is 0 Å². The Morgan fingerprint density at radius 1 is 1.29 bits per heavy atom. The number of nitrogens with zero attached hydrogens (tertiary/aromatic N) is 3. The number of carboxylic acid groups (broad SMARTS) is 1. The summed E-state index contributed by atoms with van der Waals surface area (Å²) in [5, 5.41) is 18.6. The number of nitrogens with one attached hydrogen (secondary N) is 1. The molecule has 0 aromatic carbocycles. The first-order valence-electron chi connectivity index (χ1n) is 7.39. The van der Waals surface area contributed by atoms with Gasteiger partial charge in [-0.3, -0.25) is 9.59 Å². The van der Waals surface area contributed by atoms with Gasteiger partial charge in [-0.05, 0) is 12.3 Å². The standard InChI is InChI=1S/C14H24N4O3/c1-11(2)7-5-3-4-6-8-15-14(21)12-9-18(17-16-12)10-13(19)20/h9,11H,3-8,10H2,1-2H3,(H,15,21)(H,19,20). The van der Waals surface area contributed by atoms with Gasteiger partial charge < -0.3 is 10.4 Å². The Morgan fingerprint density at radius 3 is 2.67 bits per heavy atom. The number of hydrogen-bond acceptors (Lipinski definition) is 4. The van der Waals surface area contributed by atoms with E-state index in [4.69, 9.17) is 5.11 Å². The summed E-state index contributed by atoms with van der Waals surface area (Å²) in [6.45, 7) is 4.75. The van der Waals surface area contributed by atoms with Crippen molar-refractivity contribution in [3.8, 4) is 0 Å². The van der Waals surface area contributed by atoms with Gasteiger partial charge in [-0.15, -0.1) is 5.10 Å². The van der Waals surface area contributed by atoms with Crippen LogP contribution >= 0.6 is 0 Å². The number of rotatable bonds is 10. The van der Waals surface area contributed by atoms with Crippen molar-refractivity contribution in [1.29, 1.82) is 0 Å². The lowest BCUT2D eigenvalue weighted by molar-refractivity contribution is -0.137. The lowest BCUT2D eigenvalue weighted by Gasteiger charge is -2.05. The molecule has 0 atom stereocenters. The number of aliphatic carboxylic acids is 1. The van der Waals surface area contributed by atoms with Gasteiger partial charge in [0.25, 0.3) is 5.91 Å². The van der Waals surface area contributed by atoms with E-state index in [2.05, 4.69) is 29.5 Å². The monoisotopic (exact) mass is 296 g/mol. The first-order valence-corrected chi connectivity index (χ1v) is 7.39. The number of carbonyl (C=O) groups excluding carboxylic acids is 1. The zero-order valence-electron chi connectivity index (χ0n) is 12.7. The molecular weight excluding hydrogens is 272 g/mol. The molecule has 118 valence electrons. The van der Waals surface area contributed by atoms with Gasteiger partial charge in [-0.2, -0.15) is 0 Å². The number of amides is 1. The molecule has 0 aliphatic heterocycles. The summed E-state index contributed by atoms with van der Waals surface area (Å²) in [5.41, 5.74) is 0.149. The molecule has 1 aromatic heterocycles.